The molecule has 1 fully saturated rings. The van der Waals surface area contributed by atoms with E-state index in [1.54, 1.807) is 0 Å². The second-order valence-corrected chi connectivity index (χ2v) is 6.46. The number of carboxylic acid groups (broad SMARTS) is 1. The van der Waals surface area contributed by atoms with E-state index in [1.165, 1.54) is 0 Å². The van der Waals surface area contributed by atoms with E-state index in [0.717, 1.165) is 30.0 Å². The molecule has 0 bridgehead atoms. The predicted octanol–water partition coefficient (Wildman–Crippen LogP) is 1.88. The molecule has 0 spiro atoms. The van der Waals surface area contributed by atoms with Gasteiger partial charge in [-0.15, -0.1) is 0 Å². The molecule has 1 aliphatic heterocycles. The van der Waals surface area contributed by atoms with Crippen LogP contribution in [0.4, 0.5) is 0 Å². The summed E-state index contributed by atoms with van der Waals surface area (Å²) in [4.78, 5) is 18.0. The first kappa shape index (κ1) is 16.0. The van der Waals surface area contributed by atoms with Crippen molar-refractivity contribution in [1.29, 1.82) is 0 Å². The summed E-state index contributed by atoms with van der Waals surface area (Å²) in [6.07, 6.45) is 2.29. The first-order valence-electron chi connectivity index (χ1n) is 7.98. The van der Waals surface area contributed by atoms with Crippen LogP contribution in [0.1, 0.15) is 30.8 Å². The van der Waals surface area contributed by atoms with Crippen molar-refractivity contribution < 1.29 is 14.6 Å². The van der Waals surface area contributed by atoms with Crippen LogP contribution in [0.2, 0.25) is 0 Å². The highest BCUT2D eigenvalue weighted by molar-refractivity contribution is 5.70. The van der Waals surface area contributed by atoms with Gasteiger partial charge in [-0.2, -0.15) is 0 Å². The Morgan fingerprint density at radius 2 is 2.09 bits per heavy atom. The van der Waals surface area contributed by atoms with Crippen LogP contribution in [0.5, 0.6) is 0 Å². The molecule has 2 aromatic rings. The Morgan fingerprint density at radius 3 is 2.74 bits per heavy atom. The Morgan fingerprint density at radius 1 is 1.39 bits per heavy atom. The molecule has 2 atom stereocenters. The minimum atomic E-state index is -0.852. The molecule has 0 radical (unpaired) electrons. The van der Waals surface area contributed by atoms with Crippen molar-refractivity contribution in [1.82, 2.24) is 14.3 Å². The van der Waals surface area contributed by atoms with Gasteiger partial charge >= 0.3 is 5.97 Å². The first-order valence-corrected chi connectivity index (χ1v) is 7.98. The van der Waals surface area contributed by atoms with E-state index in [1.807, 2.05) is 29.7 Å². The third kappa shape index (κ3) is 3.54. The molecule has 0 aromatic carbocycles. The number of carboxylic acids is 1. The van der Waals surface area contributed by atoms with Crippen LogP contribution in [0.15, 0.2) is 18.3 Å². The van der Waals surface area contributed by atoms with Crippen molar-refractivity contribution in [2.75, 3.05) is 13.1 Å². The van der Waals surface area contributed by atoms with Crippen molar-refractivity contribution in [2.24, 2.45) is 0 Å². The van der Waals surface area contributed by atoms with Gasteiger partial charge in [-0.05, 0) is 38.5 Å². The van der Waals surface area contributed by atoms with Crippen molar-refractivity contribution in [2.45, 2.75) is 45.9 Å². The monoisotopic (exact) mass is 317 g/mol. The molecule has 1 N–H and O–H groups in total. The van der Waals surface area contributed by atoms with Crippen LogP contribution in [0, 0.1) is 6.92 Å². The number of rotatable bonds is 4. The van der Waals surface area contributed by atoms with Crippen LogP contribution in [-0.2, 0) is 22.5 Å². The molecule has 1 aliphatic rings. The van der Waals surface area contributed by atoms with Gasteiger partial charge in [-0.25, -0.2) is 4.98 Å². The molecule has 6 nitrogen and oxygen atoms in total. The molecule has 124 valence electrons. The molecule has 2 unspecified atom stereocenters. The van der Waals surface area contributed by atoms with Gasteiger partial charge in [0, 0.05) is 25.8 Å². The summed E-state index contributed by atoms with van der Waals surface area (Å²) >= 11 is 0. The van der Waals surface area contributed by atoms with Gasteiger partial charge in [0.25, 0.3) is 0 Å². The maximum atomic E-state index is 11.2. The normalized spacial score (nSPS) is 22.6. The average molecular weight is 317 g/mol. The predicted molar refractivity (Wildman–Crippen MR) is 86.6 cm³/mol. The number of carbonyl (C=O) groups is 1. The van der Waals surface area contributed by atoms with Crippen LogP contribution in [0.25, 0.3) is 5.65 Å². The summed E-state index contributed by atoms with van der Waals surface area (Å²) in [5.74, 6) is -0.852. The number of imidazole rings is 1. The molecule has 3 heterocycles. The van der Waals surface area contributed by atoms with Crippen molar-refractivity contribution in [3.63, 3.8) is 0 Å². The number of aliphatic carboxylic acids is 1. The highest BCUT2D eigenvalue weighted by atomic mass is 16.5. The summed E-state index contributed by atoms with van der Waals surface area (Å²) in [6.45, 7) is 8.52. The maximum Gasteiger partial charge on any atom is 0.309 e. The Bertz CT molecular complexity index is 715. The van der Waals surface area contributed by atoms with Crippen molar-refractivity contribution >= 4 is 11.6 Å². The number of ether oxygens (including phenoxy) is 1. The zero-order valence-electron chi connectivity index (χ0n) is 13.8. The minimum Gasteiger partial charge on any atom is -0.481 e. The lowest BCUT2D eigenvalue weighted by atomic mass is 10.2. The molecule has 3 rings (SSSR count). The van der Waals surface area contributed by atoms with Gasteiger partial charge in [0.2, 0.25) is 0 Å². The minimum absolute atomic E-state index is 0.0501. The van der Waals surface area contributed by atoms with Gasteiger partial charge < -0.3 is 14.2 Å². The molecule has 2 aromatic heterocycles. The quantitative estimate of drug-likeness (QED) is 0.932. The van der Waals surface area contributed by atoms with E-state index in [4.69, 9.17) is 4.74 Å². The van der Waals surface area contributed by atoms with Crippen molar-refractivity contribution in [3.05, 3.63) is 35.3 Å². The smallest absolute Gasteiger partial charge is 0.309 e. The Kier molecular flexibility index (Phi) is 4.37. The van der Waals surface area contributed by atoms with Gasteiger partial charge in [-0.1, -0.05) is 0 Å². The molecule has 23 heavy (non-hydrogen) atoms. The zero-order chi connectivity index (χ0) is 16.6. The highest BCUT2D eigenvalue weighted by Crippen LogP contribution is 2.20. The second-order valence-electron chi connectivity index (χ2n) is 6.46. The summed E-state index contributed by atoms with van der Waals surface area (Å²) in [5.41, 5.74) is 3.54. The second kappa shape index (κ2) is 6.29. The number of aryl methyl sites for hydroxylation is 1. The van der Waals surface area contributed by atoms with E-state index < -0.39 is 5.97 Å². The van der Waals surface area contributed by atoms with E-state index in [2.05, 4.69) is 23.7 Å². The fourth-order valence-corrected chi connectivity index (χ4v) is 3.32. The third-order valence-electron chi connectivity index (χ3n) is 4.15. The largest absolute Gasteiger partial charge is 0.481 e. The van der Waals surface area contributed by atoms with E-state index >= 15 is 0 Å². The standard InChI is InChI=1S/C17H23N3O3/c1-11-4-5-20-15(10-19-8-12(2)23-13(3)9-19)14(7-17(21)22)18-16(20)6-11/h4-6,12-13H,7-10H2,1-3H3,(H,21,22). The van der Waals surface area contributed by atoms with Gasteiger partial charge in [0.1, 0.15) is 5.65 Å². The van der Waals surface area contributed by atoms with E-state index in [9.17, 15) is 9.90 Å². The molecule has 0 saturated carbocycles. The average Bonchev–Trinajstić information content (AvgIpc) is 2.73. The van der Waals surface area contributed by atoms with Crippen LogP contribution < -0.4 is 0 Å². The highest BCUT2D eigenvalue weighted by Gasteiger charge is 2.25. The lowest BCUT2D eigenvalue weighted by Crippen LogP contribution is -2.45. The Hall–Kier alpha value is -1.92. The van der Waals surface area contributed by atoms with Gasteiger partial charge in [-0.3, -0.25) is 9.69 Å². The van der Waals surface area contributed by atoms with Crippen LogP contribution in [0.3, 0.4) is 0 Å². The maximum absolute atomic E-state index is 11.2. The molecule has 6 heteroatoms. The number of morpholine rings is 1. The summed E-state index contributed by atoms with van der Waals surface area (Å²) in [6, 6.07) is 4.01. The van der Waals surface area contributed by atoms with E-state index in [0.29, 0.717) is 12.2 Å². The number of nitrogens with zero attached hydrogens (tertiary/aromatic N) is 3. The van der Waals surface area contributed by atoms with Gasteiger partial charge in [0.05, 0.1) is 30.0 Å². The Balaban J connectivity index is 1.95. The first-order chi connectivity index (χ1) is 10.9. The molecule has 0 amide bonds. The van der Waals surface area contributed by atoms with Crippen molar-refractivity contribution in [3.8, 4) is 0 Å². The topological polar surface area (TPSA) is 67.1 Å². The fourth-order valence-electron chi connectivity index (χ4n) is 3.32. The number of fused-ring (bicyclic) bond motifs is 1. The number of pyridine rings is 1. The summed E-state index contributed by atoms with van der Waals surface area (Å²) < 4.78 is 7.79. The third-order valence-corrected chi connectivity index (χ3v) is 4.15. The fraction of sp³-hybridized carbons (Fsp3) is 0.529. The number of hydrogen-bond acceptors (Lipinski definition) is 4. The molecule has 0 aliphatic carbocycles. The molecule has 1 saturated heterocycles. The van der Waals surface area contributed by atoms with Crippen LogP contribution in [-0.4, -0.2) is 50.7 Å². The zero-order valence-corrected chi connectivity index (χ0v) is 13.8. The molecular weight excluding hydrogens is 294 g/mol. The lowest BCUT2D eigenvalue weighted by molar-refractivity contribution is -0.136. The molecular formula is C17H23N3O3. The number of hydrogen-bond donors (Lipinski definition) is 1. The van der Waals surface area contributed by atoms with Gasteiger partial charge in [0.15, 0.2) is 0 Å². The number of aromatic nitrogens is 2. The summed E-state index contributed by atoms with van der Waals surface area (Å²) in [5, 5.41) is 9.18. The Labute approximate surface area is 135 Å². The van der Waals surface area contributed by atoms with Crippen LogP contribution >= 0.6 is 0 Å². The summed E-state index contributed by atoms with van der Waals surface area (Å²) in [7, 11) is 0. The SMILES string of the molecule is Cc1ccn2c(CN3CC(C)OC(C)C3)c(CC(=O)O)nc2c1. The lowest BCUT2D eigenvalue weighted by Gasteiger charge is -2.35. The van der Waals surface area contributed by atoms with E-state index in [-0.39, 0.29) is 18.6 Å².